The van der Waals surface area contributed by atoms with Crippen molar-refractivity contribution in [2.24, 2.45) is 0 Å². The van der Waals surface area contributed by atoms with Crippen LogP contribution in [0.5, 0.6) is 0 Å². The molecule has 4 unspecified atom stereocenters. The van der Waals surface area contributed by atoms with Crippen LogP contribution in [0.3, 0.4) is 0 Å². The number of carbonyl (C=O) groups is 1. The highest BCUT2D eigenvalue weighted by Gasteiger charge is 2.32. The average molecular weight is 1110 g/mol. The van der Waals surface area contributed by atoms with Crippen LogP contribution in [0.15, 0.2) is 48.6 Å². The topological polar surface area (TPSA) is 125 Å². The number of allylic oxidation sites excluding steroid dienone is 8. The molecule has 0 aliphatic rings. The number of phosphoric acid groups is 1. The van der Waals surface area contributed by atoms with E-state index >= 15 is 0 Å². The number of quaternary nitrogens is 1. The number of amides is 1. The Balaban J connectivity index is 3.90. The van der Waals surface area contributed by atoms with Gasteiger partial charge in [0.15, 0.2) is 0 Å². The van der Waals surface area contributed by atoms with Crippen molar-refractivity contribution in [2.45, 2.75) is 334 Å². The molecule has 0 heterocycles. The van der Waals surface area contributed by atoms with E-state index < -0.39 is 32.7 Å². The van der Waals surface area contributed by atoms with Crippen molar-refractivity contribution in [1.82, 2.24) is 5.32 Å². The molecule has 0 aliphatic heterocycles. The standard InChI is InChI=1S/C67H129N2O7P/c1-6-8-10-12-14-16-18-20-21-22-23-24-25-26-27-28-29-30-31-32-33-34-35-36-37-38-39-40-41-42-43-44-45-46-47-48-50-52-54-56-58-60-66(71)68-64(63-76-77(73,74)75-62-61-69(3,4)5)67(72)65(70)59-57-55-53-51-49-19-17-15-13-11-9-7-2/h18,20,22-23,25-26,51,53,64-65,67,70,72H,6-17,19,21,24,27-50,52,54-63H2,1-5H3,(H-,68,71,73,74)/p+1/b20-18-,23-22-,26-25-,53-51+. The number of nitrogens with zero attached hydrogens (tertiary/aromatic N) is 1. The maximum Gasteiger partial charge on any atom is 0.472 e. The third kappa shape index (κ3) is 58.9. The van der Waals surface area contributed by atoms with Crippen LogP contribution in [-0.4, -0.2) is 84.6 Å². The second-order valence-electron chi connectivity index (χ2n) is 24.0. The minimum Gasteiger partial charge on any atom is -0.390 e. The maximum atomic E-state index is 13.0. The summed E-state index contributed by atoms with van der Waals surface area (Å²) in [7, 11) is 1.43. The minimum atomic E-state index is -4.43. The van der Waals surface area contributed by atoms with E-state index in [1.54, 1.807) is 0 Å². The number of phosphoric ester groups is 1. The average Bonchev–Trinajstić information content (AvgIpc) is 3.39. The van der Waals surface area contributed by atoms with Gasteiger partial charge in [0.1, 0.15) is 19.3 Å². The SMILES string of the molecule is CCCCCCC/C=C\C/C=C\C/C=C\CCCCCCCCCCCCCCCCCCCCCCCCCCCCC(=O)NC(COP(=O)(O)OCC[N+](C)(C)C)C(O)C(O)CCC/C=C/CCCCCCCCC. The summed E-state index contributed by atoms with van der Waals surface area (Å²) in [6.45, 7) is 4.59. The summed E-state index contributed by atoms with van der Waals surface area (Å²) in [5.74, 6) is -0.263. The lowest BCUT2D eigenvalue weighted by Crippen LogP contribution is -2.51. The number of unbranched alkanes of at least 4 members (excludes halogenated alkanes) is 39. The third-order valence-corrected chi connectivity index (χ3v) is 16.1. The molecule has 77 heavy (non-hydrogen) atoms. The number of rotatable bonds is 61. The highest BCUT2D eigenvalue weighted by Crippen LogP contribution is 2.43. The van der Waals surface area contributed by atoms with Crippen LogP contribution in [0.2, 0.25) is 0 Å². The number of hydrogen-bond donors (Lipinski definition) is 4. The number of carbonyl (C=O) groups excluding carboxylic acids is 1. The minimum absolute atomic E-state index is 0.0178. The van der Waals surface area contributed by atoms with Crippen LogP contribution >= 0.6 is 7.82 Å². The summed E-state index contributed by atoms with van der Waals surface area (Å²) in [4.78, 5) is 23.3. The normalized spacial score (nSPS) is 14.4. The molecular formula is C67H130N2O7P+. The van der Waals surface area contributed by atoms with Gasteiger partial charge in [-0.3, -0.25) is 13.8 Å². The molecule has 0 radical (unpaired) electrons. The van der Waals surface area contributed by atoms with Gasteiger partial charge in [-0.15, -0.1) is 0 Å². The van der Waals surface area contributed by atoms with Gasteiger partial charge in [0.2, 0.25) is 5.91 Å². The van der Waals surface area contributed by atoms with Crippen LogP contribution in [0.4, 0.5) is 0 Å². The lowest BCUT2D eigenvalue weighted by Gasteiger charge is -2.28. The van der Waals surface area contributed by atoms with E-state index in [1.165, 1.54) is 238 Å². The number of likely N-dealkylation sites (N-methyl/N-ethyl adjacent to an activating group) is 1. The van der Waals surface area contributed by atoms with E-state index in [4.69, 9.17) is 9.05 Å². The molecule has 454 valence electrons. The molecular weight excluding hydrogens is 976 g/mol. The second-order valence-corrected chi connectivity index (χ2v) is 25.4. The van der Waals surface area contributed by atoms with Gasteiger partial charge in [-0.05, 0) is 77.0 Å². The van der Waals surface area contributed by atoms with Gasteiger partial charge in [0, 0.05) is 6.42 Å². The first-order valence-electron chi connectivity index (χ1n) is 33.1. The van der Waals surface area contributed by atoms with Gasteiger partial charge < -0.3 is 24.9 Å². The summed E-state index contributed by atoms with van der Waals surface area (Å²) < 4.78 is 23.6. The zero-order chi connectivity index (χ0) is 56.4. The van der Waals surface area contributed by atoms with Crippen molar-refractivity contribution < 1.29 is 38.0 Å². The Labute approximate surface area is 478 Å². The van der Waals surface area contributed by atoms with Gasteiger partial charge in [-0.25, -0.2) is 4.57 Å². The summed E-state index contributed by atoms with van der Waals surface area (Å²) in [6, 6.07) is -1.05. The maximum absolute atomic E-state index is 13.0. The van der Waals surface area contributed by atoms with Gasteiger partial charge in [0.05, 0.1) is 39.9 Å². The molecule has 1 amide bonds. The Morgan fingerprint density at radius 1 is 0.455 bits per heavy atom. The molecule has 0 aromatic rings. The van der Waals surface area contributed by atoms with Gasteiger partial charge in [0.25, 0.3) is 0 Å². The predicted molar refractivity (Wildman–Crippen MR) is 333 cm³/mol. The third-order valence-electron chi connectivity index (χ3n) is 15.1. The van der Waals surface area contributed by atoms with Crippen molar-refractivity contribution in [3.05, 3.63) is 48.6 Å². The summed E-state index contributed by atoms with van der Waals surface area (Å²) in [5, 5.41) is 24.8. The fourth-order valence-electron chi connectivity index (χ4n) is 9.92. The predicted octanol–water partition coefficient (Wildman–Crippen LogP) is 19.6. The molecule has 0 aromatic heterocycles. The molecule has 9 nitrogen and oxygen atoms in total. The van der Waals surface area contributed by atoms with Crippen molar-refractivity contribution in [3.63, 3.8) is 0 Å². The molecule has 0 saturated carbocycles. The molecule has 0 fully saturated rings. The van der Waals surface area contributed by atoms with Gasteiger partial charge in [-0.1, -0.05) is 281 Å². The fourth-order valence-corrected chi connectivity index (χ4v) is 10.7. The Bertz CT molecular complexity index is 1410. The Kier molecular flexibility index (Phi) is 56.5. The van der Waals surface area contributed by atoms with Crippen molar-refractivity contribution in [1.29, 1.82) is 0 Å². The Hall–Kier alpha value is -1.58. The first-order valence-corrected chi connectivity index (χ1v) is 34.6. The van der Waals surface area contributed by atoms with Crippen LogP contribution in [0.25, 0.3) is 0 Å². The molecule has 0 saturated heterocycles. The van der Waals surface area contributed by atoms with E-state index in [1.807, 2.05) is 21.1 Å². The van der Waals surface area contributed by atoms with Crippen molar-refractivity contribution in [3.8, 4) is 0 Å². The summed E-state index contributed by atoms with van der Waals surface area (Å²) >= 11 is 0. The summed E-state index contributed by atoms with van der Waals surface area (Å²) in [5.41, 5.74) is 0. The molecule has 0 aromatic carbocycles. The number of aliphatic hydroxyl groups excluding tert-OH is 2. The Morgan fingerprint density at radius 2 is 0.766 bits per heavy atom. The van der Waals surface area contributed by atoms with Crippen LogP contribution in [0.1, 0.15) is 316 Å². The summed E-state index contributed by atoms with van der Waals surface area (Å²) in [6.07, 6.45) is 74.0. The van der Waals surface area contributed by atoms with Crippen molar-refractivity contribution >= 4 is 13.7 Å². The zero-order valence-corrected chi connectivity index (χ0v) is 52.5. The molecule has 4 N–H and O–H groups in total. The Morgan fingerprint density at radius 3 is 1.13 bits per heavy atom. The molecule has 0 rings (SSSR count). The fraction of sp³-hybridized carbons (Fsp3) is 0.866. The first kappa shape index (κ1) is 75.4. The number of aliphatic hydroxyl groups is 2. The largest absolute Gasteiger partial charge is 0.472 e. The van der Waals surface area contributed by atoms with Crippen molar-refractivity contribution in [2.75, 3.05) is 40.9 Å². The highest BCUT2D eigenvalue weighted by molar-refractivity contribution is 7.47. The monoisotopic (exact) mass is 1110 g/mol. The lowest BCUT2D eigenvalue weighted by molar-refractivity contribution is -0.870. The van der Waals surface area contributed by atoms with E-state index in [0.29, 0.717) is 23.9 Å². The second kappa shape index (κ2) is 57.6. The van der Waals surface area contributed by atoms with Crippen LogP contribution < -0.4 is 5.32 Å². The van der Waals surface area contributed by atoms with E-state index in [9.17, 15) is 24.5 Å². The number of nitrogens with one attached hydrogen (secondary N) is 1. The van der Waals surface area contributed by atoms with Gasteiger partial charge in [-0.2, -0.15) is 0 Å². The first-order chi connectivity index (χ1) is 37.4. The van der Waals surface area contributed by atoms with Crippen LogP contribution in [0, 0.1) is 0 Å². The molecule has 4 atom stereocenters. The molecule has 0 aliphatic carbocycles. The lowest BCUT2D eigenvalue weighted by atomic mass is 10.0. The van der Waals surface area contributed by atoms with E-state index in [-0.39, 0.29) is 18.9 Å². The van der Waals surface area contributed by atoms with E-state index in [0.717, 1.165) is 44.9 Å². The number of hydrogen-bond acceptors (Lipinski definition) is 6. The van der Waals surface area contributed by atoms with Crippen LogP contribution in [-0.2, 0) is 18.4 Å². The van der Waals surface area contributed by atoms with E-state index in [2.05, 4.69) is 67.8 Å². The highest BCUT2D eigenvalue weighted by atomic mass is 31.2. The molecule has 0 bridgehead atoms. The van der Waals surface area contributed by atoms with Gasteiger partial charge >= 0.3 is 7.82 Å². The zero-order valence-electron chi connectivity index (χ0n) is 51.6. The molecule has 0 spiro atoms. The molecule has 10 heteroatoms. The smallest absolute Gasteiger partial charge is 0.390 e. The quantitative estimate of drug-likeness (QED) is 0.0207.